The molecule has 0 aliphatic rings. The topological polar surface area (TPSA) is 157 Å². The number of benzene rings is 1. The Morgan fingerprint density at radius 1 is 0.947 bits per heavy atom. The predicted molar refractivity (Wildman–Crippen MR) is 140 cm³/mol. The third-order valence-electron chi connectivity index (χ3n) is 6.02. The van der Waals surface area contributed by atoms with Crippen molar-refractivity contribution in [2.24, 2.45) is 5.73 Å². The van der Waals surface area contributed by atoms with E-state index in [-0.39, 0.29) is 17.5 Å². The van der Waals surface area contributed by atoms with E-state index >= 15 is 0 Å². The number of aryl methyl sites for hydroxylation is 1. The third kappa shape index (κ3) is 5.29. The number of sulfone groups is 1. The Morgan fingerprint density at radius 3 is 2.18 bits per heavy atom. The summed E-state index contributed by atoms with van der Waals surface area (Å²) in [6.45, 7) is 3.36. The molecule has 0 bridgehead atoms. The molecule has 12 nitrogen and oxygen atoms in total. The van der Waals surface area contributed by atoms with E-state index in [4.69, 9.17) is 19.9 Å². The van der Waals surface area contributed by atoms with E-state index in [1.807, 2.05) is 6.92 Å². The first-order valence-electron chi connectivity index (χ1n) is 11.6. The van der Waals surface area contributed by atoms with Gasteiger partial charge in [-0.25, -0.2) is 23.4 Å². The molecular formula is C25H29N7O5S. The van der Waals surface area contributed by atoms with Gasteiger partial charge in [-0.1, -0.05) is 12.1 Å². The summed E-state index contributed by atoms with van der Waals surface area (Å²) in [5.74, 6) is 1.35. The van der Waals surface area contributed by atoms with Gasteiger partial charge in [-0.05, 0) is 37.6 Å². The monoisotopic (exact) mass is 539 g/mol. The highest BCUT2D eigenvalue weighted by atomic mass is 32.2. The number of aromatic nitrogens is 6. The number of nitrogens with zero attached hydrogens (tertiary/aromatic N) is 6. The normalized spacial score (nSPS) is 13.1. The molecule has 0 radical (unpaired) electrons. The SMILES string of the molecule is COc1cccc(-c2nnc(CS(=O)(=O)[C@@H](C)[C@@H](N)c3ncc(C)cn3)n2-c2c(OC)cccc2OC)n1. The highest BCUT2D eigenvalue weighted by molar-refractivity contribution is 7.91. The van der Waals surface area contributed by atoms with Crippen LogP contribution in [-0.4, -0.2) is 64.7 Å². The Balaban J connectivity index is 1.84. The number of pyridine rings is 1. The van der Waals surface area contributed by atoms with Crippen LogP contribution in [0.15, 0.2) is 48.8 Å². The van der Waals surface area contributed by atoms with Crippen molar-refractivity contribution in [2.75, 3.05) is 21.3 Å². The fourth-order valence-corrected chi connectivity index (χ4v) is 5.21. The van der Waals surface area contributed by atoms with Gasteiger partial charge in [-0.2, -0.15) is 0 Å². The van der Waals surface area contributed by atoms with Crippen LogP contribution < -0.4 is 19.9 Å². The molecule has 1 aromatic carbocycles. The van der Waals surface area contributed by atoms with Crippen molar-refractivity contribution >= 4 is 9.84 Å². The molecule has 0 saturated heterocycles. The van der Waals surface area contributed by atoms with Crippen molar-refractivity contribution in [3.63, 3.8) is 0 Å². The lowest BCUT2D eigenvalue weighted by Gasteiger charge is -2.20. The van der Waals surface area contributed by atoms with Crippen LogP contribution in [0.2, 0.25) is 0 Å². The fourth-order valence-electron chi connectivity index (χ4n) is 3.84. The van der Waals surface area contributed by atoms with Crippen LogP contribution in [0.5, 0.6) is 17.4 Å². The highest BCUT2D eigenvalue weighted by Crippen LogP contribution is 2.37. The number of rotatable bonds is 10. The Morgan fingerprint density at radius 2 is 1.58 bits per heavy atom. The van der Waals surface area contributed by atoms with Gasteiger partial charge in [0.15, 0.2) is 21.5 Å². The van der Waals surface area contributed by atoms with Crippen molar-refractivity contribution < 1.29 is 22.6 Å². The summed E-state index contributed by atoms with van der Waals surface area (Å²) >= 11 is 0. The first-order chi connectivity index (χ1) is 18.2. The average molecular weight is 540 g/mol. The second kappa shape index (κ2) is 11.1. The second-order valence-corrected chi connectivity index (χ2v) is 10.9. The number of methoxy groups -OCH3 is 3. The van der Waals surface area contributed by atoms with Gasteiger partial charge in [0, 0.05) is 18.5 Å². The van der Waals surface area contributed by atoms with Crippen LogP contribution in [0.4, 0.5) is 0 Å². The lowest BCUT2D eigenvalue weighted by Crippen LogP contribution is -2.33. The minimum absolute atomic E-state index is 0.122. The van der Waals surface area contributed by atoms with Gasteiger partial charge in [-0.3, -0.25) is 4.57 Å². The summed E-state index contributed by atoms with van der Waals surface area (Å²) in [5, 5.41) is 7.54. The third-order valence-corrected chi connectivity index (χ3v) is 8.11. The fraction of sp³-hybridized carbons (Fsp3) is 0.320. The van der Waals surface area contributed by atoms with Crippen LogP contribution in [-0.2, 0) is 15.6 Å². The van der Waals surface area contributed by atoms with Crippen molar-refractivity contribution in [1.82, 2.24) is 29.7 Å². The number of ether oxygens (including phenoxy) is 3. The quantitative estimate of drug-likeness (QED) is 0.316. The Bertz CT molecular complexity index is 1500. The zero-order valence-corrected chi connectivity index (χ0v) is 22.5. The van der Waals surface area contributed by atoms with E-state index in [0.717, 1.165) is 5.56 Å². The first kappa shape index (κ1) is 26.9. The van der Waals surface area contributed by atoms with Crippen molar-refractivity contribution in [2.45, 2.75) is 30.9 Å². The molecule has 13 heteroatoms. The van der Waals surface area contributed by atoms with E-state index in [9.17, 15) is 8.42 Å². The molecule has 3 heterocycles. The lowest BCUT2D eigenvalue weighted by atomic mass is 10.2. The van der Waals surface area contributed by atoms with E-state index in [2.05, 4.69) is 25.1 Å². The zero-order valence-electron chi connectivity index (χ0n) is 21.7. The van der Waals surface area contributed by atoms with Crippen LogP contribution >= 0.6 is 0 Å². The predicted octanol–water partition coefficient (Wildman–Crippen LogP) is 2.46. The molecule has 0 aliphatic heterocycles. The largest absolute Gasteiger partial charge is 0.494 e. The summed E-state index contributed by atoms with van der Waals surface area (Å²) in [5.41, 5.74) is 7.96. The van der Waals surface area contributed by atoms with Crippen LogP contribution in [0.3, 0.4) is 0 Å². The summed E-state index contributed by atoms with van der Waals surface area (Å²) in [4.78, 5) is 12.9. The van der Waals surface area contributed by atoms with Gasteiger partial charge in [0.1, 0.15) is 34.5 Å². The molecule has 2 N–H and O–H groups in total. The Labute approximate surface area is 220 Å². The number of hydrogen-bond acceptors (Lipinski definition) is 11. The molecular weight excluding hydrogens is 510 g/mol. The minimum atomic E-state index is -3.88. The molecule has 0 aliphatic carbocycles. The summed E-state index contributed by atoms with van der Waals surface area (Å²) < 4.78 is 45.2. The van der Waals surface area contributed by atoms with Gasteiger partial charge < -0.3 is 19.9 Å². The Kier molecular flexibility index (Phi) is 7.88. The minimum Gasteiger partial charge on any atom is -0.494 e. The van der Waals surface area contributed by atoms with E-state index < -0.39 is 26.9 Å². The molecule has 0 amide bonds. The molecule has 0 saturated carbocycles. The van der Waals surface area contributed by atoms with Gasteiger partial charge in [-0.15, -0.1) is 10.2 Å². The maximum atomic E-state index is 13.6. The van der Waals surface area contributed by atoms with Crippen LogP contribution in [0.1, 0.15) is 30.2 Å². The molecule has 4 rings (SSSR count). The summed E-state index contributed by atoms with van der Waals surface area (Å²) in [6.07, 6.45) is 3.19. The van der Waals surface area contributed by atoms with Crippen molar-refractivity contribution in [3.8, 4) is 34.6 Å². The molecule has 200 valence electrons. The molecule has 0 fully saturated rings. The van der Waals surface area contributed by atoms with Gasteiger partial charge in [0.05, 0.1) is 32.6 Å². The Hall–Kier alpha value is -4.10. The van der Waals surface area contributed by atoms with Gasteiger partial charge >= 0.3 is 0 Å². The molecule has 0 unspecified atom stereocenters. The summed E-state index contributed by atoms with van der Waals surface area (Å²) in [6, 6.07) is 9.43. The van der Waals surface area contributed by atoms with E-state index in [1.54, 1.807) is 53.4 Å². The lowest BCUT2D eigenvalue weighted by molar-refractivity contribution is 0.390. The van der Waals surface area contributed by atoms with Gasteiger partial charge in [0.25, 0.3) is 0 Å². The van der Waals surface area contributed by atoms with E-state index in [0.29, 0.717) is 28.8 Å². The molecule has 3 aromatic heterocycles. The smallest absolute Gasteiger partial charge is 0.213 e. The highest BCUT2D eigenvalue weighted by Gasteiger charge is 2.33. The molecule has 0 spiro atoms. The maximum absolute atomic E-state index is 13.6. The van der Waals surface area contributed by atoms with Crippen LogP contribution in [0, 0.1) is 6.92 Å². The van der Waals surface area contributed by atoms with Crippen molar-refractivity contribution in [3.05, 3.63) is 66.0 Å². The average Bonchev–Trinajstić information content (AvgIpc) is 3.34. The standard InChI is InChI=1S/C25H29N7O5S/c1-15-12-27-24(28-13-15)22(26)16(2)38(33,34)14-20-30-31-25(17-8-6-11-21(29-17)37-5)32(20)23-18(35-3)9-7-10-19(23)36-4/h6-13,16,22H,14,26H2,1-5H3/t16-,22+/m0/s1. The molecule has 4 aromatic rings. The molecule has 2 atom stereocenters. The van der Waals surface area contributed by atoms with Crippen LogP contribution in [0.25, 0.3) is 17.2 Å². The van der Waals surface area contributed by atoms with E-state index in [1.165, 1.54) is 28.3 Å². The summed E-state index contributed by atoms with van der Waals surface area (Å²) in [7, 11) is 0.634. The zero-order chi connectivity index (χ0) is 27.4. The first-order valence-corrected chi connectivity index (χ1v) is 13.3. The second-order valence-electron chi connectivity index (χ2n) is 8.51. The van der Waals surface area contributed by atoms with Gasteiger partial charge in [0.2, 0.25) is 5.88 Å². The molecule has 38 heavy (non-hydrogen) atoms. The van der Waals surface area contributed by atoms with Crippen molar-refractivity contribution in [1.29, 1.82) is 0 Å². The maximum Gasteiger partial charge on any atom is 0.213 e. The number of para-hydroxylation sites is 1. The number of nitrogens with two attached hydrogens (primary N) is 1. The number of hydrogen-bond donors (Lipinski definition) is 1.